The topological polar surface area (TPSA) is 8.17 Å². The van der Waals surface area contributed by atoms with E-state index in [9.17, 15) is 0 Å². The van der Waals surface area contributed by atoms with Crippen LogP contribution >= 0.6 is 0 Å². The van der Waals surface area contributed by atoms with E-state index in [0.717, 1.165) is 17.1 Å². The van der Waals surface area contributed by atoms with E-state index in [4.69, 9.17) is 0 Å². The standard InChI is InChI=1S/C64H48N2/c1-63(2)59-29-17-15-27-55(59)56-41-40-54(44-60(56)63)65(53-38-34-50(35-39-53)64(47-19-7-3-8-20-47,48-21-9-4-10-22-48)49-23-11-5-12-24-49)52-36-31-45(32-37-52)46-33-42-62-58(43-46)57-28-16-18-30-61(57)66(62)51-25-13-6-14-26-51/h3-44H,1-2H3. The molecule has 0 aliphatic heterocycles. The largest absolute Gasteiger partial charge is 0.310 e. The minimum Gasteiger partial charge on any atom is -0.310 e. The summed E-state index contributed by atoms with van der Waals surface area (Å²) < 4.78 is 2.38. The normalized spacial score (nSPS) is 12.8. The summed E-state index contributed by atoms with van der Waals surface area (Å²) >= 11 is 0. The monoisotopic (exact) mass is 844 g/mol. The van der Waals surface area contributed by atoms with Crippen LogP contribution in [-0.2, 0) is 10.8 Å². The van der Waals surface area contributed by atoms with Crippen molar-refractivity contribution in [1.82, 2.24) is 4.57 Å². The van der Waals surface area contributed by atoms with Crippen molar-refractivity contribution in [2.45, 2.75) is 24.7 Å². The molecule has 1 aromatic heterocycles. The molecule has 0 N–H and O–H groups in total. The highest BCUT2D eigenvalue weighted by Crippen LogP contribution is 2.51. The Morgan fingerprint density at radius 2 is 0.818 bits per heavy atom. The van der Waals surface area contributed by atoms with Gasteiger partial charge in [0.05, 0.1) is 16.4 Å². The third-order valence-corrected chi connectivity index (χ3v) is 14.2. The zero-order valence-electron chi connectivity index (χ0n) is 37.1. The fourth-order valence-corrected chi connectivity index (χ4v) is 11.0. The summed E-state index contributed by atoms with van der Waals surface area (Å²) in [5, 5.41) is 2.50. The predicted octanol–water partition coefficient (Wildman–Crippen LogP) is 16.6. The lowest BCUT2D eigenvalue weighted by atomic mass is 9.65. The number of benzene rings is 10. The first-order valence-corrected chi connectivity index (χ1v) is 23.0. The summed E-state index contributed by atoms with van der Waals surface area (Å²) in [6, 6.07) is 93.6. The molecule has 0 unspecified atom stereocenters. The Labute approximate surface area is 387 Å². The fourth-order valence-electron chi connectivity index (χ4n) is 11.0. The van der Waals surface area contributed by atoms with Gasteiger partial charge in [-0.2, -0.15) is 0 Å². The van der Waals surface area contributed by atoms with Crippen LogP contribution in [0.1, 0.15) is 47.2 Å². The summed E-state index contributed by atoms with van der Waals surface area (Å²) in [6.45, 7) is 4.72. The molecule has 0 radical (unpaired) electrons. The zero-order valence-corrected chi connectivity index (χ0v) is 37.1. The third kappa shape index (κ3) is 6.25. The van der Waals surface area contributed by atoms with Gasteiger partial charge in [-0.3, -0.25) is 0 Å². The molecule has 0 amide bonds. The average Bonchev–Trinajstić information content (AvgIpc) is 3.83. The quantitative estimate of drug-likeness (QED) is 0.131. The van der Waals surface area contributed by atoms with E-state index in [1.54, 1.807) is 0 Å². The van der Waals surface area contributed by atoms with Crippen molar-refractivity contribution in [3.05, 3.63) is 288 Å². The van der Waals surface area contributed by atoms with Gasteiger partial charge < -0.3 is 9.47 Å². The van der Waals surface area contributed by atoms with Gasteiger partial charge in [-0.25, -0.2) is 0 Å². The van der Waals surface area contributed by atoms with E-state index in [2.05, 4.69) is 278 Å². The number of hydrogen-bond acceptors (Lipinski definition) is 1. The summed E-state index contributed by atoms with van der Waals surface area (Å²) in [5.74, 6) is 0. The second kappa shape index (κ2) is 15.8. The first kappa shape index (κ1) is 39.4. The van der Waals surface area contributed by atoms with Crippen molar-refractivity contribution >= 4 is 38.9 Å². The molecule has 0 atom stereocenters. The Bertz CT molecular complexity index is 3420. The van der Waals surface area contributed by atoms with E-state index in [1.807, 2.05) is 0 Å². The van der Waals surface area contributed by atoms with Crippen molar-refractivity contribution in [3.8, 4) is 27.9 Å². The molecular weight excluding hydrogens is 797 g/mol. The number of hydrogen-bond donors (Lipinski definition) is 0. The van der Waals surface area contributed by atoms with Crippen molar-refractivity contribution in [3.63, 3.8) is 0 Å². The lowest BCUT2D eigenvalue weighted by Crippen LogP contribution is -2.31. The molecule has 314 valence electrons. The number of anilines is 3. The molecule has 0 saturated carbocycles. The lowest BCUT2D eigenvalue weighted by Gasteiger charge is -2.37. The van der Waals surface area contributed by atoms with Gasteiger partial charge in [-0.05, 0) is 122 Å². The second-order valence-corrected chi connectivity index (χ2v) is 18.1. The molecule has 0 saturated heterocycles. The zero-order chi connectivity index (χ0) is 44.2. The van der Waals surface area contributed by atoms with Gasteiger partial charge in [0.15, 0.2) is 0 Å². The molecule has 0 fully saturated rings. The van der Waals surface area contributed by atoms with Crippen molar-refractivity contribution < 1.29 is 0 Å². The molecule has 2 heteroatoms. The van der Waals surface area contributed by atoms with Gasteiger partial charge in [0.1, 0.15) is 0 Å². The van der Waals surface area contributed by atoms with Crippen molar-refractivity contribution in [2.24, 2.45) is 0 Å². The smallest absolute Gasteiger partial charge is 0.0701 e. The van der Waals surface area contributed by atoms with Crippen LogP contribution in [-0.4, -0.2) is 4.57 Å². The molecule has 1 aliphatic rings. The summed E-state index contributed by atoms with van der Waals surface area (Å²) in [4.78, 5) is 2.43. The minimum absolute atomic E-state index is 0.135. The summed E-state index contributed by atoms with van der Waals surface area (Å²) in [6.07, 6.45) is 0. The molecular formula is C64H48N2. The third-order valence-electron chi connectivity index (χ3n) is 14.2. The van der Waals surface area contributed by atoms with Gasteiger partial charge in [0.2, 0.25) is 0 Å². The van der Waals surface area contributed by atoms with E-state index < -0.39 is 5.41 Å². The highest BCUT2D eigenvalue weighted by molar-refractivity contribution is 6.10. The van der Waals surface area contributed by atoms with E-state index in [-0.39, 0.29) is 5.41 Å². The van der Waals surface area contributed by atoms with Crippen LogP contribution < -0.4 is 4.90 Å². The Morgan fingerprint density at radius 1 is 0.348 bits per heavy atom. The molecule has 0 bridgehead atoms. The molecule has 66 heavy (non-hydrogen) atoms. The highest BCUT2D eigenvalue weighted by atomic mass is 15.1. The Balaban J connectivity index is 0.997. The van der Waals surface area contributed by atoms with Gasteiger partial charge >= 0.3 is 0 Å². The molecule has 1 aliphatic carbocycles. The van der Waals surface area contributed by atoms with E-state index in [1.165, 1.54) is 83.1 Å². The SMILES string of the molecule is CC1(C)c2ccccc2-c2ccc(N(c3ccc(-c4ccc5c(c4)c4ccccc4n5-c4ccccc4)cc3)c3ccc(C(c4ccccc4)(c4ccccc4)c4ccccc4)cc3)cc21. The van der Waals surface area contributed by atoms with Crippen LogP contribution in [0.2, 0.25) is 0 Å². The first-order valence-electron chi connectivity index (χ1n) is 23.0. The number of nitrogens with zero attached hydrogens (tertiary/aromatic N) is 2. The summed E-state index contributed by atoms with van der Waals surface area (Å²) in [7, 11) is 0. The number of fused-ring (bicyclic) bond motifs is 6. The Hall–Kier alpha value is -8.20. The molecule has 12 rings (SSSR count). The van der Waals surface area contributed by atoms with Crippen molar-refractivity contribution in [2.75, 3.05) is 4.90 Å². The van der Waals surface area contributed by atoms with Crippen LogP contribution in [0.3, 0.4) is 0 Å². The molecule has 2 nitrogen and oxygen atoms in total. The average molecular weight is 845 g/mol. The van der Waals surface area contributed by atoms with Crippen molar-refractivity contribution in [1.29, 1.82) is 0 Å². The first-order chi connectivity index (χ1) is 32.5. The van der Waals surface area contributed by atoms with Crippen LogP contribution in [0.15, 0.2) is 255 Å². The molecule has 10 aromatic carbocycles. The van der Waals surface area contributed by atoms with E-state index in [0.29, 0.717) is 0 Å². The maximum absolute atomic E-state index is 2.43. The maximum Gasteiger partial charge on any atom is 0.0701 e. The van der Waals surface area contributed by atoms with Gasteiger partial charge in [-0.15, -0.1) is 0 Å². The van der Waals surface area contributed by atoms with Crippen LogP contribution in [0.25, 0.3) is 49.7 Å². The maximum atomic E-state index is 2.43. The number of aromatic nitrogens is 1. The van der Waals surface area contributed by atoms with E-state index >= 15 is 0 Å². The molecule has 1 heterocycles. The minimum atomic E-state index is -0.535. The lowest BCUT2D eigenvalue weighted by molar-refractivity contribution is 0.660. The highest BCUT2D eigenvalue weighted by Gasteiger charge is 2.39. The molecule has 11 aromatic rings. The number of para-hydroxylation sites is 2. The van der Waals surface area contributed by atoms with Crippen LogP contribution in [0.4, 0.5) is 17.1 Å². The van der Waals surface area contributed by atoms with Gasteiger partial charge in [-0.1, -0.05) is 202 Å². The Kier molecular flexibility index (Phi) is 9.43. The second-order valence-electron chi connectivity index (χ2n) is 18.1. The van der Waals surface area contributed by atoms with Gasteiger partial charge in [0.25, 0.3) is 0 Å². The van der Waals surface area contributed by atoms with Gasteiger partial charge in [0, 0.05) is 38.9 Å². The van der Waals surface area contributed by atoms with Crippen LogP contribution in [0, 0.1) is 0 Å². The predicted molar refractivity (Wildman–Crippen MR) is 277 cm³/mol. The Morgan fingerprint density at radius 3 is 1.45 bits per heavy atom. The summed E-state index contributed by atoms with van der Waals surface area (Å²) in [5.41, 5.74) is 18.9. The van der Waals surface area contributed by atoms with Crippen LogP contribution in [0.5, 0.6) is 0 Å². The molecule has 0 spiro atoms. The fraction of sp³-hybridized carbons (Fsp3) is 0.0625. The number of rotatable bonds is 9.